The topological polar surface area (TPSA) is 53.5 Å². The molecule has 1 unspecified atom stereocenters. The number of nitrogens with zero attached hydrogens (tertiary/aromatic N) is 4. The number of fused-ring (bicyclic) bond motifs is 7. The van der Waals surface area contributed by atoms with E-state index in [0.29, 0.717) is 41.4 Å². The molecule has 2 bridgehead atoms. The fourth-order valence-corrected chi connectivity index (χ4v) is 9.41. The normalized spacial score (nSPS) is 28.5. The fraction of sp³-hybridized carbons (Fsp3) is 0.486. The fourth-order valence-electron chi connectivity index (χ4n) is 9.41. The van der Waals surface area contributed by atoms with E-state index in [1.54, 1.807) is 6.07 Å². The number of piperazine rings is 1. The van der Waals surface area contributed by atoms with Gasteiger partial charge in [0.25, 0.3) is 0 Å². The van der Waals surface area contributed by atoms with Crippen LogP contribution < -0.4 is 25.5 Å². The first-order chi connectivity index (χ1) is 21.0. The van der Waals surface area contributed by atoms with Gasteiger partial charge in [0.15, 0.2) is 0 Å². The summed E-state index contributed by atoms with van der Waals surface area (Å²) in [7, 11) is 0. The van der Waals surface area contributed by atoms with Gasteiger partial charge in [-0.1, -0.05) is 30.2 Å². The lowest BCUT2D eigenvalue weighted by Crippen LogP contribution is -2.59. The van der Waals surface area contributed by atoms with Crippen LogP contribution in [0.3, 0.4) is 0 Å². The largest absolute Gasteiger partial charge is 0.461 e. The van der Waals surface area contributed by atoms with Crippen LogP contribution in [0.2, 0.25) is 0 Å². The van der Waals surface area contributed by atoms with E-state index in [9.17, 15) is 0 Å². The Morgan fingerprint density at radius 1 is 1.07 bits per heavy atom. The summed E-state index contributed by atoms with van der Waals surface area (Å²) in [6, 6.07) is 10.1. The molecule has 6 heterocycles. The van der Waals surface area contributed by atoms with Crippen molar-refractivity contribution in [3.05, 3.63) is 57.8 Å². The van der Waals surface area contributed by atoms with Crippen LogP contribution in [0.4, 0.5) is 14.6 Å². The molecular formula is C35H35F2N5O. The Hall–Kier alpha value is -3.54. The summed E-state index contributed by atoms with van der Waals surface area (Å²) >= 11 is 0. The van der Waals surface area contributed by atoms with Crippen molar-refractivity contribution in [1.29, 1.82) is 0 Å². The number of nitrogens with one attached hydrogen (secondary N) is 1. The highest BCUT2D eigenvalue weighted by molar-refractivity contribution is 5.95. The van der Waals surface area contributed by atoms with Gasteiger partial charge in [0, 0.05) is 35.3 Å². The van der Waals surface area contributed by atoms with Gasteiger partial charge in [-0.25, -0.2) is 8.78 Å². The van der Waals surface area contributed by atoms with Gasteiger partial charge in [-0.3, -0.25) is 4.90 Å². The number of benzene rings is 2. The molecule has 6 nitrogen and oxygen atoms in total. The van der Waals surface area contributed by atoms with Gasteiger partial charge in [-0.15, -0.1) is 6.42 Å². The molecule has 0 spiro atoms. The summed E-state index contributed by atoms with van der Waals surface area (Å²) in [5, 5.41) is 6.35. The average Bonchev–Trinajstić information content (AvgIpc) is 3.75. The van der Waals surface area contributed by atoms with Crippen LogP contribution in [0.25, 0.3) is 22.2 Å². The van der Waals surface area contributed by atoms with E-state index in [0.717, 1.165) is 73.7 Å². The number of anilines is 1. The average molecular weight is 580 g/mol. The molecule has 4 atom stereocenters. The van der Waals surface area contributed by atoms with E-state index in [1.807, 2.05) is 18.2 Å². The third-order valence-electron chi connectivity index (χ3n) is 11.3. The van der Waals surface area contributed by atoms with Crippen LogP contribution in [-0.4, -0.2) is 64.8 Å². The number of hydrogen-bond donors (Lipinski definition) is 1. The molecule has 4 fully saturated rings. The Balaban J connectivity index is 1.23. The van der Waals surface area contributed by atoms with Crippen LogP contribution >= 0.6 is 0 Å². The Morgan fingerprint density at radius 3 is 2.77 bits per heavy atom. The predicted molar refractivity (Wildman–Crippen MR) is 162 cm³/mol. The molecule has 0 amide bonds. The molecule has 8 heteroatoms. The molecule has 0 radical (unpaired) electrons. The zero-order chi connectivity index (χ0) is 28.9. The number of halogens is 2. The van der Waals surface area contributed by atoms with Gasteiger partial charge in [0.05, 0.1) is 17.0 Å². The summed E-state index contributed by atoms with van der Waals surface area (Å²) in [5.41, 5.74) is 1.87. The molecule has 220 valence electrons. The molecule has 6 aliphatic rings. The zero-order valence-corrected chi connectivity index (χ0v) is 24.2. The number of aromatic nitrogens is 2. The minimum atomic E-state index is -0.693. The lowest BCUT2D eigenvalue weighted by molar-refractivity contribution is 0.107. The highest BCUT2D eigenvalue weighted by Crippen LogP contribution is 2.45. The second-order valence-electron chi connectivity index (χ2n) is 13.4. The van der Waals surface area contributed by atoms with Crippen LogP contribution in [0, 0.1) is 18.2 Å². The maximum atomic E-state index is 17.0. The third kappa shape index (κ3) is 3.71. The number of rotatable bonds is 4. The van der Waals surface area contributed by atoms with Gasteiger partial charge in [-0.05, 0) is 87.0 Å². The lowest BCUT2D eigenvalue weighted by Gasteiger charge is -2.41. The zero-order valence-electron chi connectivity index (χ0n) is 24.2. The molecule has 5 aliphatic heterocycles. The molecule has 9 rings (SSSR count). The van der Waals surface area contributed by atoms with Gasteiger partial charge >= 0.3 is 6.01 Å². The van der Waals surface area contributed by atoms with Crippen molar-refractivity contribution in [3.8, 4) is 18.4 Å². The highest BCUT2D eigenvalue weighted by atomic mass is 19.1. The van der Waals surface area contributed by atoms with Gasteiger partial charge in [-0.2, -0.15) is 9.97 Å². The van der Waals surface area contributed by atoms with Crippen molar-refractivity contribution < 1.29 is 13.5 Å². The predicted octanol–water partition coefficient (Wildman–Crippen LogP) is 3.89. The maximum Gasteiger partial charge on any atom is 0.319 e. The van der Waals surface area contributed by atoms with Crippen molar-refractivity contribution in [2.75, 3.05) is 31.1 Å². The minimum absolute atomic E-state index is 0.0356. The Kier molecular flexibility index (Phi) is 5.71. The lowest BCUT2D eigenvalue weighted by atomic mass is 9.84. The van der Waals surface area contributed by atoms with Crippen LogP contribution in [0.1, 0.15) is 68.4 Å². The van der Waals surface area contributed by atoms with Gasteiger partial charge in [0.2, 0.25) is 0 Å². The van der Waals surface area contributed by atoms with Crippen molar-refractivity contribution in [1.82, 2.24) is 20.2 Å². The third-order valence-corrected chi connectivity index (χ3v) is 11.3. The van der Waals surface area contributed by atoms with E-state index in [2.05, 4.69) is 21.0 Å². The molecule has 4 saturated heterocycles. The van der Waals surface area contributed by atoms with Crippen molar-refractivity contribution in [3.63, 3.8) is 0 Å². The van der Waals surface area contributed by atoms with E-state index in [1.165, 1.54) is 18.9 Å². The number of ether oxygens (including phenoxy) is 1. The van der Waals surface area contributed by atoms with Crippen LogP contribution in [0.5, 0.6) is 6.01 Å². The minimum Gasteiger partial charge on any atom is -0.461 e. The van der Waals surface area contributed by atoms with E-state index in [-0.39, 0.29) is 29.0 Å². The SMILES string of the molecule is C#Cc1c(F)ccc2cccc(C3C(F)=c4nc(OCC56CCCN5CCC6)nc5c4=C3CC[C@@H]3[C@@H]4CC[C@H](CN53)N4)c12. The van der Waals surface area contributed by atoms with Gasteiger partial charge < -0.3 is 15.0 Å². The molecule has 2 aromatic carbocycles. The Morgan fingerprint density at radius 2 is 1.93 bits per heavy atom. The molecule has 1 aromatic heterocycles. The molecule has 43 heavy (non-hydrogen) atoms. The van der Waals surface area contributed by atoms with Gasteiger partial charge in [0.1, 0.15) is 29.4 Å². The van der Waals surface area contributed by atoms with Crippen molar-refractivity contribution in [2.24, 2.45) is 0 Å². The summed E-state index contributed by atoms with van der Waals surface area (Å²) in [6.07, 6.45) is 14.3. The molecule has 1 aliphatic carbocycles. The first-order valence-corrected chi connectivity index (χ1v) is 15.9. The standard InChI is InChI=1S/C35H35F2N5O/c1-2-22-25(36)11-8-20-6-3-7-23(28(20)22)29-24-10-13-27-26-12-9-21(38-26)18-42(27)33-30(24)32(31(29)37)39-34(40-33)43-19-35-14-4-16-41(35)17-5-15-35/h1,3,6-8,11,21,26-27,29,38H,4-5,9-10,12-19H2/t21-,26+,27-,29?/m1/s1. The molecule has 1 N–H and O–H groups in total. The Bertz CT molecular complexity index is 1840. The number of hydrogen-bond acceptors (Lipinski definition) is 6. The maximum absolute atomic E-state index is 17.0. The monoisotopic (exact) mass is 579 g/mol. The van der Waals surface area contributed by atoms with Crippen molar-refractivity contribution >= 4 is 28.0 Å². The van der Waals surface area contributed by atoms with E-state index < -0.39 is 11.7 Å². The quantitative estimate of drug-likeness (QED) is 0.474. The van der Waals surface area contributed by atoms with Crippen LogP contribution in [0.15, 0.2) is 30.3 Å². The summed E-state index contributed by atoms with van der Waals surface area (Å²) < 4.78 is 38.5. The first-order valence-electron chi connectivity index (χ1n) is 15.9. The molecular weight excluding hydrogens is 544 g/mol. The first kappa shape index (κ1) is 25.9. The summed E-state index contributed by atoms with van der Waals surface area (Å²) in [6.45, 7) is 3.58. The molecule has 3 aromatic rings. The highest BCUT2D eigenvalue weighted by Gasteiger charge is 2.47. The molecule has 0 saturated carbocycles. The smallest absolute Gasteiger partial charge is 0.319 e. The van der Waals surface area contributed by atoms with E-state index >= 15 is 8.78 Å². The summed E-state index contributed by atoms with van der Waals surface area (Å²) in [4.78, 5) is 14.9. The van der Waals surface area contributed by atoms with E-state index in [4.69, 9.17) is 21.1 Å². The second-order valence-corrected chi connectivity index (χ2v) is 13.4. The number of terminal acetylenes is 1. The Labute approximate surface area is 249 Å². The van der Waals surface area contributed by atoms with Crippen molar-refractivity contribution in [2.45, 2.75) is 80.9 Å². The van der Waals surface area contributed by atoms with Crippen LogP contribution in [-0.2, 0) is 0 Å². The second kappa shape index (κ2) is 9.48. The summed E-state index contributed by atoms with van der Waals surface area (Å²) in [5.74, 6) is 1.87.